The van der Waals surface area contributed by atoms with Crippen LogP contribution in [0.3, 0.4) is 0 Å². The van der Waals surface area contributed by atoms with Crippen molar-refractivity contribution in [2.24, 2.45) is 5.84 Å². The molecule has 3 heterocycles. The molecule has 19 heavy (non-hydrogen) atoms. The van der Waals surface area contributed by atoms with Crippen LogP contribution in [0.4, 0.5) is 5.82 Å². The number of aryl methyl sites for hydroxylation is 1. The highest BCUT2D eigenvalue weighted by Gasteiger charge is 2.19. The van der Waals surface area contributed by atoms with Crippen LogP contribution in [0.15, 0.2) is 18.3 Å². The maximum absolute atomic E-state index is 5.54. The third-order valence-electron chi connectivity index (χ3n) is 3.18. The van der Waals surface area contributed by atoms with E-state index < -0.39 is 0 Å². The Bertz CT molecular complexity index is 597. The van der Waals surface area contributed by atoms with Gasteiger partial charge in [0, 0.05) is 18.2 Å². The molecule has 0 amide bonds. The molecular formula is C13H15N5O. The summed E-state index contributed by atoms with van der Waals surface area (Å²) in [7, 11) is 0. The zero-order valence-electron chi connectivity index (χ0n) is 10.7. The van der Waals surface area contributed by atoms with Crippen molar-refractivity contribution < 1.29 is 4.74 Å². The van der Waals surface area contributed by atoms with E-state index in [9.17, 15) is 0 Å². The van der Waals surface area contributed by atoms with Crippen LogP contribution in [0.1, 0.15) is 16.8 Å². The first-order chi connectivity index (χ1) is 9.29. The number of pyridine rings is 1. The second-order valence-corrected chi connectivity index (χ2v) is 4.44. The molecule has 3 N–H and O–H groups in total. The quantitative estimate of drug-likeness (QED) is 0.621. The van der Waals surface area contributed by atoms with Crippen LogP contribution >= 0.6 is 0 Å². The lowest BCUT2D eigenvalue weighted by atomic mass is 10.1. The van der Waals surface area contributed by atoms with Gasteiger partial charge in [-0.2, -0.15) is 0 Å². The van der Waals surface area contributed by atoms with E-state index in [1.807, 2.05) is 19.1 Å². The van der Waals surface area contributed by atoms with Gasteiger partial charge in [0.15, 0.2) is 5.82 Å². The van der Waals surface area contributed by atoms with Gasteiger partial charge in [-0.15, -0.1) is 0 Å². The highest BCUT2D eigenvalue weighted by atomic mass is 16.5. The predicted molar refractivity (Wildman–Crippen MR) is 71.2 cm³/mol. The Morgan fingerprint density at radius 2 is 2.26 bits per heavy atom. The van der Waals surface area contributed by atoms with Gasteiger partial charge in [0.25, 0.3) is 0 Å². The van der Waals surface area contributed by atoms with Gasteiger partial charge in [-0.25, -0.2) is 15.8 Å². The number of nitrogens with one attached hydrogen (secondary N) is 1. The number of hydrogen-bond acceptors (Lipinski definition) is 6. The molecule has 0 bridgehead atoms. The largest absolute Gasteiger partial charge is 0.376 e. The summed E-state index contributed by atoms with van der Waals surface area (Å²) in [4.78, 5) is 13.4. The predicted octanol–water partition coefficient (Wildman–Crippen LogP) is 1.21. The molecule has 1 aliphatic heterocycles. The minimum Gasteiger partial charge on any atom is -0.376 e. The summed E-state index contributed by atoms with van der Waals surface area (Å²) in [5, 5.41) is 0. The lowest BCUT2D eigenvalue weighted by molar-refractivity contribution is 0.109. The lowest BCUT2D eigenvalue weighted by Gasteiger charge is -2.19. The summed E-state index contributed by atoms with van der Waals surface area (Å²) in [5.74, 6) is 6.76. The Balaban J connectivity index is 2.15. The Morgan fingerprint density at radius 3 is 3.05 bits per heavy atom. The van der Waals surface area contributed by atoms with Gasteiger partial charge >= 0.3 is 0 Å². The van der Waals surface area contributed by atoms with Crippen molar-refractivity contribution in [2.75, 3.05) is 12.0 Å². The fourth-order valence-corrected chi connectivity index (χ4v) is 2.18. The first-order valence-corrected chi connectivity index (χ1v) is 6.15. The molecule has 98 valence electrons. The summed E-state index contributed by atoms with van der Waals surface area (Å²) in [6, 6.07) is 3.89. The van der Waals surface area contributed by atoms with Crippen molar-refractivity contribution in [3.8, 4) is 11.5 Å². The van der Waals surface area contributed by atoms with E-state index in [1.165, 1.54) is 0 Å². The Hall–Kier alpha value is -2.05. The monoisotopic (exact) mass is 257 g/mol. The van der Waals surface area contributed by atoms with E-state index in [0.717, 1.165) is 28.9 Å². The normalized spacial score (nSPS) is 14.0. The van der Waals surface area contributed by atoms with Crippen molar-refractivity contribution in [1.29, 1.82) is 0 Å². The van der Waals surface area contributed by atoms with Crippen molar-refractivity contribution in [1.82, 2.24) is 15.0 Å². The molecule has 0 saturated carbocycles. The molecule has 0 fully saturated rings. The molecule has 6 heteroatoms. The van der Waals surface area contributed by atoms with Gasteiger partial charge in [0.05, 0.1) is 18.9 Å². The molecule has 2 aromatic heterocycles. The number of hydrazine groups is 1. The van der Waals surface area contributed by atoms with E-state index in [4.69, 9.17) is 10.6 Å². The van der Waals surface area contributed by atoms with Crippen molar-refractivity contribution in [3.63, 3.8) is 0 Å². The number of ether oxygens (including phenoxy) is 1. The first-order valence-electron chi connectivity index (χ1n) is 6.15. The molecule has 0 atom stereocenters. The standard InChI is InChI=1S/C13H15N5O/c1-8-3-2-5-15-11(8)13-16-10-4-6-19-7-9(10)12(17-13)18-14/h2-3,5H,4,6-7,14H2,1H3,(H,16,17,18). The number of nitrogens with two attached hydrogens (primary N) is 1. The molecule has 3 rings (SSSR count). The third kappa shape index (κ3) is 2.16. The van der Waals surface area contributed by atoms with E-state index >= 15 is 0 Å². The Kier molecular flexibility index (Phi) is 3.10. The molecule has 0 unspecified atom stereocenters. The second-order valence-electron chi connectivity index (χ2n) is 4.44. The van der Waals surface area contributed by atoms with Crippen LogP contribution < -0.4 is 11.3 Å². The maximum Gasteiger partial charge on any atom is 0.180 e. The molecule has 0 aliphatic carbocycles. The molecule has 0 aromatic carbocycles. The van der Waals surface area contributed by atoms with E-state index in [1.54, 1.807) is 6.20 Å². The van der Waals surface area contributed by atoms with Gasteiger partial charge in [-0.3, -0.25) is 4.98 Å². The average molecular weight is 257 g/mol. The van der Waals surface area contributed by atoms with Crippen molar-refractivity contribution >= 4 is 5.82 Å². The fraction of sp³-hybridized carbons (Fsp3) is 0.308. The van der Waals surface area contributed by atoms with Gasteiger partial charge in [-0.05, 0) is 18.6 Å². The second kappa shape index (κ2) is 4.91. The van der Waals surface area contributed by atoms with Crippen LogP contribution in [0.2, 0.25) is 0 Å². The number of fused-ring (bicyclic) bond motifs is 1. The van der Waals surface area contributed by atoms with Crippen LogP contribution in [0.5, 0.6) is 0 Å². The number of aromatic nitrogens is 3. The minimum absolute atomic E-state index is 0.496. The summed E-state index contributed by atoms with van der Waals surface area (Å²) in [6.45, 7) is 3.16. The van der Waals surface area contributed by atoms with Crippen LogP contribution in [0.25, 0.3) is 11.5 Å². The molecule has 0 spiro atoms. The third-order valence-corrected chi connectivity index (χ3v) is 3.18. The maximum atomic E-state index is 5.54. The van der Waals surface area contributed by atoms with Crippen molar-refractivity contribution in [3.05, 3.63) is 35.2 Å². The zero-order valence-corrected chi connectivity index (χ0v) is 10.7. The van der Waals surface area contributed by atoms with Crippen LogP contribution in [-0.2, 0) is 17.8 Å². The molecular weight excluding hydrogens is 242 g/mol. The van der Waals surface area contributed by atoms with E-state index in [-0.39, 0.29) is 0 Å². The zero-order chi connectivity index (χ0) is 13.2. The van der Waals surface area contributed by atoms with Gasteiger partial charge in [-0.1, -0.05) is 6.07 Å². The number of hydrogen-bond donors (Lipinski definition) is 2. The number of nitrogen functional groups attached to an aromatic ring is 1. The van der Waals surface area contributed by atoms with Crippen LogP contribution in [0, 0.1) is 6.92 Å². The van der Waals surface area contributed by atoms with Crippen molar-refractivity contribution in [2.45, 2.75) is 20.0 Å². The average Bonchev–Trinajstić information content (AvgIpc) is 2.46. The smallest absolute Gasteiger partial charge is 0.180 e. The van der Waals surface area contributed by atoms with E-state index in [0.29, 0.717) is 24.9 Å². The van der Waals surface area contributed by atoms with Gasteiger partial charge in [0.2, 0.25) is 0 Å². The first kappa shape index (κ1) is 12.0. The molecule has 1 aliphatic rings. The molecule has 0 radical (unpaired) electrons. The summed E-state index contributed by atoms with van der Waals surface area (Å²) >= 11 is 0. The minimum atomic E-state index is 0.496. The topological polar surface area (TPSA) is 86.0 Å². The van der Waals surface area contributed by atoms with Gasteiger partial charge in [0.1, 0.15) is 11.5 Å². The summed E-state index contributed by atoms with van der Waals surface area (Å²) in [6.07, 6.45) is 2.51. The fourth-order valence-electron chi connectivity index (χ4n) is 2.18. The Morgan fingerprint density at radius 1 is 1.37 bits per heavy atom. The van der Waals surface area contributed by atoms with Crippen LogP contribution in [-0.4, -0.2) is 21.6 Å². The molecule has 6 nitrogen and oxygen atoms in total. The number of rotatable bonds is 2. The lowest BCUT2D eigenvalue weighted by Crippen LogP contribution is -2.19. The molecule has 0 saturated heterocycles. The Labute approximate surface area is 111 Å². The number of anilines is 1. The highest BCUT2D eigenvalue weighted by molar-refractivity contribution is 5.59. The van der Waals surface area contributed by atoms with E-state index in [2.05, 4.69) is 20.4 Å². The summed E-state index contributed by atoms with van der Waals surface area (Å²) in [5.41, 5.74) is 6.37. The number of nitrogens with zero attached hydrogens (tertiary/aromatic N) is 3. The van der Waals surface area contributed by atoms with Gasteiger partial charge < -0.3 is 10.2 Å². The molecule has 2 aromatic rings. The summed E-state index contributed by atoms with van der Waals surface area (Å²) < 4.78 is 5.42. The SMILES string of the molecule is Cc1cccnc1-c1nc2c(c(NN)n1)COCC2. The highest BCUT2D eigenvalue weighted by Crippen LogP contribution is 2.25.